The molecule has 2 N–H and O–H groups in total. The molecule has 1 fully saturated rings. The van der Waals surface area contributed by atoms with Crippen LogP contribution in [0.4, 0.5) is 0 Å². The zero-order valence-electron chi connectivity index (χ0n) is 29.4. The van der Waals surface area contributed by atoms with Crippen molar-refractivity contribution in [2.24, 2.45) is 23.7 Å². The van der Waals surface area contributed by atoms with Crippen LogP contribution in [0.15, 0.2) is 109 Å². The van der Waals surface area contributed by atoms with Gasteiger partial charge in [0.05, 0.1) is 37.9 Å². The highest BCUT2D eigenvalue weighted by Crippen LogP contribution is 2.49. The van der Waals surface area contributed by atoms with Crippen molar-refractivity contribution in [1.82, 2.24) is 9.80 Å². The Morgan fingerprint density at radius 3 is 1.09 bits per heavy atom. The van der Waals surface area contributed by atoms with Gasteiger partial charge in [0.25, 0.3) is 0 Å². The Hall–Kier alpha value is -6.70. The molecule has 5 rings (SSSR count). The second-order valence-corrected chi connectivity index (χ2v) is 12.4. The number of benzene rings is 4. The summed E-state index contributed by atoms with van der Waals surface area (Å²) in [5.74, 6) is -11.7. The Labute approximate surface area is 310 Å². The van der Waals surface area contributed by atoms with Gasteiger partial charge in [0, 0.05) is 13.1 Å². The first kappa shape index (κ1) is 38.5. The van der Waals surface area contributed by atoms with Gasteiger partial charge in [-0.3, -0.25) is 28.8 Å². The molecular formula is C40H38N2O12. The zero-order valence-corrected chi connectivity index (χ0v) is 29.4. The summed E-state index contributed by atoms with van der Waals surface area (Å²) in [6, 6.07) is 31.2. The van der Waals surface area contributed by atoms with E-state index in [0.717, 1.165) is 24.0 Å². The van der Waals surface area contributed by atoms with Crippen LogP contribution in [0.5, 0.6) is 23.0 Å². The van der Waals surface area contributed by atoms with Crippen LogP contribution in [0.1, 0.15) is 11.1 Å². The summed E-state index contributed by atoms with van der Waals surface area (Å²) in [6.45, 7) is -1.68. The SMILES string of the molecule is COC(=O)CN(Cc1ccc(Oc2ccccc2)cc1)C(=O)[C@H]1[C@@H](C(=O)O)[C@H](C(=O)O)[C@@H]1C(=O)N(CC(=O)OC)Cc1ccc(Oc2ccccc2)cc1. The molecule has 54 heavy (non-hydrogen) atoms. The minimum absolute atomic E-state index is 0.218. The van der Waals surface area contributed by atoms with E-state index in [-0.39, 0.29) is 13.1 Å². The highest BCUT2D eigenvalue weighted by atomic mass is 16.5. The summed E-state index contributed by atoms with van der Waals surface area (Å²) < 4.78 is 21.2. The molecule has 2 amide bonds. The third-order valence-electron chi connectivity index (χ3n) is 8.96. The van der Waals surface area contributed by atoms with Crippen molar-refractivity contribution in [3.63, 3.8) is 0 Å². The molecule has 0 aromatic heterocycles. The minimum atomic E-state index is -1.82. The summed E-state index contributed by atoms with van der Waals surface area (Å²) in [4.78, 5) is 80.7. The number of para-hydroxylation sites is 2. The van der Waals surface area contributed by atoms with Gasteiger partial charge in [0.2, 0.25) is 11.8 Å². The fourth-order valence-electron chi connectivity index (χ4n) is 6.28. The van der Waals surface area contributed by atoms with Gasteiger partial charge in [-0.25, -0.2) is 0 Å². The Morgan fingerprint density at radius 2 is 0.796 bits per heavy atom. The lowest BCUT2D eigenvalue weighted by atomic mass is 9.55. The van der Waals surface area contributed by atoms with Gasteiger partial charge in [0.1, 0.15) is 36.1 Å². The van der Waals surface area contributed by atoms with Crippen LogP contribution in [-0.2, 0) is 51.3 Å². The summed E-state index contributed by atoms with van der Waals surface area (Å²) >= 11 is 0. The number of aliphatic carboxylic acids is 2. The van der Waals surface area contributed by atoms with Crippen molar-refractivity contribution in [2.45, 2.75) is 13.1 Å². The monoisotopic (exact) mass is 738 g/mol. The lowest BCUT2D eigenvalue weighted by molar-refractivity contribution is -0.188. The number of nitrogens with zero attached hydrogens (tertiary/aromatic N) is 2. The first-order chi connectivity index (χ1) is 26.0. The van der Waals surface area contributed by atoms with Gasteiger partial charge in [-0.05, 0) is 59.7 Å². The predicted molar refractivity (Wildman–Crippen MR) is 190 cm³/mol. The van der Waals surface area contributed by atoms with Gasteiger partial charge in [-0.15, -0.1) is 0 Å². The first-order valence-corrected chi connectivity index (χ1v) is 16.8. The topological polar surface area (TPSA) is 186 Å². The summed E-state index contributed by atoms with van der Waals surface area (Å²) in [7, 11) is 2.23. The number of esters is 2. The Balaban J connectivity index is 1.41. The quantitative estimate of drug-likeness (QED) is 0.152. The lowest BCUT2D eigenvalue weighted by Gasteiger charge is -2.48. The molecule has 0 heterocycles. The summed E-state index contributed by atoms with van der Waals surface area (Å²) in [5.41, 5.74) is 1.03. The summed E-state index contributed by atoms with van der Waals surface area (Å²) in [5, 5.41) is 20.3. The Kier molecular flexibility index (Phi) is 12.6. The maximum atomic E-state index is 14.3. The van der Waals surface area contributed by atoms with Crippen molar-refractivity contribution < 1.29 is 57.9 Å². The van der Waals surface area contributed by atoms with E-state index < -0.39 is 72.5 Å². The highest BCUT2D eigenvalue weighted by molar-refractivity contribution is 6.00. The zero-order chi connectivity index (χ0) is 38.8. The van der Waals surface area contributed by atoms with E-state index in [9.17, 15) is 39.0 Å². The third-order valence-corrected chi connectivity index (χ3v) is 8.96. The van der Waals surface area contributed by atoms with Crippen LogP contribution in [0.2, 0.25) is 0 Å². The standard InChI is InChI=1S/C40H38N2O12/c1-51-31(43)23-41(21-25-13-17-29(18-14-25)53-27-9-5-3-6-10-27)37(45)33-34(36(40(49)50)35(33)39(47)48)38(46)42(24-32(44)52-2)22-26-15-19-30(20-16-26)54-28-11-7-4-8-12-28/h3-20,33-36H,21-24H2,1-2H3,(H,47,48)(H,49,50)/t33-,34-,35-,36-/m1/s1. The van der Waals surface area contributed by atoms with E-state index >= 15 is 0 Å². The van der Waals surface area contributed by atoms with Crippen molar-refractivity contribution in [3.05, 3.63) is 120 Å². The van der Waals surface area contributed by atoms with Crippen LogP contribution in [-0.4, -0.2) is 83.0 Å². The number of carbonyl (C=O) groups excluding carboxylic acids is 4. The van der Waals surface area contributed by atoms with Crippen molar-refractivity contribution in [1.29, 1.82) is 0 Å². The lowest BCUT2D eigenvalue weighted by Crippen LogP contribution is -2.64. The number of methoxy groups -OCH3 is 2. The largest absolute Gasteiger partial charge is 0.481 e. The number of amides is 2. The molecule has 1 saturated carbocycles. The van der Waals surface area contributed by atoms with Crippen molar-refractivity contribution in [3.8, 4) is 23.0 Å². The molecule has 4 atom stereocenters. The van der Waals surface area contributed by atoms with E-state index in [2.05, 4.69) is 0 Å². The molecule has 0 bridgehead atoms. The number of carbonyl (C=O) groups is 6. The third kappa shape index (κ3) is 9.39. The molecule has 0 spiro atoms. The van der Waals surface area contributed by atoms with Gasteiger partial charge < -0.3 is 39.0 Å². The van der Waals surface area contributed by atoms with E-state index in [4.69, 9.17) is 18.9 Å². The molecule has 4 aromatic rings. The van der Waals surface area contributed by atoms with Crippen LogP contribution in [0, 0.1) is 23.7 Å². The molecule has 0 aliphatic heterocycles. The fraction of sp³-hybridized carbons (Fsp3) is 0.250. The fourth-order valence-corrected chi connectivity index (χ4v) is 6.28. The average molecular weight is 739 g/mol. The maximum absolute atomic E-state index is 14.3. The molecule has 280 valence electrons. The molecule has 4 aromatic carbocycles. The van der Waals surface area contributed by atoms with E-state index in [0.29, 0.717) is 34.1 Å². The molecular weight excluding hydrogens is 700 g/mol. The van der Waals surface area contributed by atoms with Gasteiger partial charge in [-0.1, -0.05) is 60.7 Å². The summed E-state index contributed by atoms with van der Waals surface area (Å²) in [6.07, 6.45) is 0. The number of hydrogen-bond donors (Lipinski definition) is 2. The molecule has 14 nitrogen and oxygen atoms in total. The van der Waals surface area contributed by atoms with E-state index in [1.54, 1.807) is 72.8 Å². The molecule has 1 aliphatic carbocycles. The second-order valence-electron chi connectivity index (χ2n) is 12.4. The molecule has 1 aliphatic rings. The smallest absolute Gasteiger partial charge is 0.325 e. The first-order valence-electron chi connectivity index (χ1n) is 16.8. The number of rotatable bonds is 16. The number of carboxylic acid groups (broad SMARTS) is 2. The van der Waals surface area contributed by atoms with Crippen molar-refractivity contribution in [2.75, 3.05) is 27.3 Å². The van der Waals surface area contributed by atoms with Gasteiger partial charge >= 0.3 is 23.9 Å². The molecule has 0 unspecified atom stereocenters. The van der Waals surface area contributed by atoms with Crippen LogP contribution >= 0.6 is 0 Å². The van der Waals surface area contributed by atoms with E-state index in [1.807, 2.05) is 36.4 Å². The molecule has 0 saturated heterocycles. The number of hydrogen-bond acceptors (Lipinski definition) is 10. The van der Waals surface area contributed by atoms with Crippen LogP contribution in [0.3, 0.4) is 0 Å². The number of ether oxygens (including phenoxy) is 4. The minimum Gasteiger partial charge on any atom is -0.481 e. The highest BCUT2D eigenvalue weighted by Gasteiger charge is 2.65. The number of carboxylic acids is 2. The molecule has 0 radical (unpaired) electrons. The average Bonchev–Trinajstić information content (AvgIpc) is 3.15. The van der Waals surface area contributed by atoms with Gasteiger partial charge in [-0.2, -0.15) is 0 Å². The van der Waals surface area contributed by atoms with Crippen LogP contribution < -0.4 is 9.47 Å². The Morgan fingerprint density at radius 1 is 0.481 bits per heavy atom. The molecule has 14 heteroatoms. The second kappa shape index (κ2) is 17.7. The van der Waals surface area contributed by atoms with E-state index in [1.165, 1.54) is 0 Å². The van der Waals surface area contributed by atoms with Crippen LogP contribution in [0.25, 0.3) is 0 Å². The maximum Gasteiger partial charge on any atom is 0.325 e. The Bertz CT molecular complexity index is 1810. The predicted octanol–water partition coefficient (Wildman–Crippen LogP) is 4.62. The van der Waals surface area contributed by atoms with Crippen molar-refractivity contribution >= 4 is 35.7 Å². The normalized spacial score (nSPS) is 17.2. The van der Waals surface area contributed by atoms with Gasteiger partial charge in [0.15, 0.2) is 0 Å².